The summed E-state index contributed by atoms with van der Waals surface area (Å²) in [7, 11) is 0. The highest BCUT2D eigenvalue weighted by molar-refractivity contribution is 7.99. The zero-order chi connectivity index (χ0) is 17.0. The molecule has 0 fully saturated rings. The third kappa shape index (κ3) is 7.09. The molecule has 2 aromatic rings. The van der Waals surface area contributed by atoms with E-state index < -0.39 is 0 Å². The fraction of sp³-hybridized carbons (Fsp3) is 0.350. The van der Waals surface area contributed by atoms with Gasteiger partial charge in [0.2, 0.25) is 5.91 Å². The summed E-state index contributed by atoms with van der Waals surface area (Å²) in [4.78, 5) is 11.6. The van der Waals surface area contributed by atoms with Gasteiger partial charge >= 0.3 is 0 Å². The lowest BCUT2D eigenvalue weighted by molar-refractivity contribution is -0.120. The number of thioether (sulfide) groups is 1. The molecular weight excluding hydrogens is 318 g/mol. The van der Waals surface area contributed by atoms with Crippen LogP contribution in [0, 0.1) is 0 Å². The highest BCUT2D eigenvalue weighted by atomic mass is 32.2. The van der Waals surface area contributed by atoms with E-state index in [4.69, 9.17) is 4.74 Å². The van der Waals surface area contributed by atoms with Crippen LogP contribution in [0.4, 0.5) is 0 Å². The van der Waals surface area contributed by atoms with E-state index in [1.54, 1.807) is 11.8 Å². The van der Waals surface area contributed by atoms with Crippen molar-refractivity contribution in [3.63, 3.8) is 0 Å². The minimum Gasteiger partial charge on any atom is -0.489 e. The van der Waals surface area contributed by atoms with Crippen molar-refractivity contribution in [2.75, 3.05) is 18.1 Å². The molecule has 3 nitrogen and oxygen atoms in total. The van der Waals surface area contributed by atoms with Gasteiger partial charge in [0.25, 0.3) is 0 Å². The monoisotopic (exact) mass is 343 g/mol. The first-order chi connectivity index (χ1) is 11.8. The summed E-state index contributed by atoms with van der Waals surface area (Å²) < 4.78 is 5.77. The second-order valence-electron chi connectivity index (χ2n) is 5.47. The van der Waals surface area contributed by atoms with Crippen LogP contribution in [0.15, 0.2) is 54.6 Å². The Morgan fingerprint density at radius 3 is 2.50 bits per heavy atom. The molecule has 1 N–H and O–H groups in total. The molecule has 1 amide bonds. The number of carbonyl (C=O) groups is 1. The molecule has 0 aliphatic carbocycles. The number of ether oxygens (including phenoxy) is 1. The average Bonchev–Trinajstić information content (AvgIpc) is 2.62. The van der Waals surface area contributed by atoms with Crippen LogP contribution in [0.3, 0.4) is 0 Å². The summed E-state index contributed by atoms with van der Waals surface area (Å²) in [5.74, 6) is 2.96. The van der Waals surface area contributed by atoms with E-state index in [0.29, 0.717) is 19.6 Å². The normalized spacial score (nSPS) is 10.4. The first kappa shape index (κ1) is 18.4. The van der Waals surface area contributed by atoms with Gasteiger partial charge in [-0.05, 0) is 35.4 Å². The van der Waals surface area contributed by atoms with Crippen LogP contribution >= 0.6 is 11.8 Å². The lowest BCUT2D eigenvalue weighted by atomic mass is 10.1. The molecule has 128 valence electrons. The van der Waals surface area contributed by atoms with Crippen LogP contribution in [0.2, 0.25) is 0 Å². The molecule has 2 rings (SSSR count). The summed E-state index contributed by atoms with van der Waals surface area (Å²) in [6, 6.07) is 18.2. The second-order valence-corrected chi connectivity index (χ2v) is 6.86. The molecule has 0 aliphatic heterocycles. The van der Waals surface area contributed by atoms with Crippen LogP contribution < -0.4 is 10.1 Å². The number of rotatable bonds is 10. The molecule has 2 aromatic carbocycles. The smallest absolute Gasteiger partial charge is 0.220 e. The molecule has 0 aliphatic rings. The summed E-state index contributed by atoms with van der Waals surface area (Å²) in [5.41, 5.74) is 2.36. The van der Waals surface area contributed by atoms with Crippen molar-refractivity contribution in [2.24, 2.45) is 0 Å². The van der Waals surface area contributed by atoms with Crippen molar-refractivity contribution in [3.8, 4) is 5.75 Å². The quantitative estimate of drug-likeness (QED) is 0.661. The largest absolute Gasteiger partial charge is 0.489 e. The maximum atomic E-state index is 11.6. The molecule has 0 radical (unpaired) electrons. The Morgan fingerprint density at radius 1 is 1.04 bits per heavy atom. The molecule has 4 heteroatoms. The van der Waals surface area contributed by atoms with Crippen LogP contribution in [-0.4, -0.2) is 24.0 Å². The molecule has 0 aromatic heterocycles. The maximum Gasteiger partial charge on any atom is 0.220 e. The average molecular weight is 343 g/mol. The predicted molar refractivity (Wildman–Crippen MR) is 102 cm³/mol. The predicted octanol–water partition coefficient (Wildman–Crippen LogP) is 4.07. The van der Waals surface area contributed by atoms with Gasteiger partial charge in [-0.1, -0.05) is 49.4 Å². The Bertz CT molecular complexity index is 599. The number of benzene rings is 2. The first-order valence-electron chi connectivity index (χ1n) is 8.38. The Morgan fingerprint density at radius 2 is 1.79 bits per heavy atom. The summed E-state index contributed by atoms with van der Waals surface area (Å²) in [6.07, 6.45) is 1.44. The zero-order valence-corrected chi connectivity index (χ0v) is 15.0. The van der Waals surface area contributed by atoms with E-state index in [2.05, 4.69) is 36.5 Å². The maximum absolute atomic E-state index is 11.6. The molecule has 24 heavy (non-hydrogen) atoms. The summed E-state index contributed by atoms with van der Waals surface area (Å²) >= 11 is 1.80. The van der Waals surface area contributed by atoms with Crippen molar-refractivity contribution < 1.29 is 9.53 Å². The fourth-order valence-electron chi connectivity index (χ4n) is 2.24. The number of hydrogen-bond acceptors (Lipinski definition) is 3. The van der Waals surface area contributed by atoms with Gasteiger partial charge in [0.15, 0.2) is 0 Å². The van der Waals surface area contributed by atoms with E-state index >= 15 is 0 Å². The lowest BCUT2D eigenvalue weighted by Crippen LogP contribution is -2.25. The Hall–Kier alpha value is -1.94. The minimum absolute atomic E-state index is 0.138. The topological polar surface area (TPSA) is 38.3 Å². The van der Waals surface area contributed by atoms with Crippen LogP contribution in [-0.2, 0) is 17.8 Å². The molecule has 0 spiro atoms. The van der Waals surface area contributed by atoms with Gasteiger partial charge < -0.3 is 10.1 Å². The molecule has 0 heterocycles. The molecule has 0 atom stereocenters. The van der Waals surface area contributed by atoms with E-state index in [1.807, 2.05) is 30.3 Å². The summed E-state index contributed by atoms with van der Waals surface area (Å²) in [5, 5.41) is 2.97. The van der Waals surface area contributed by atoms with Crippen LogP contribution in [0.1, 0.15) is 24.5 Å². The van der Waals surface area contributed by atoms with E-state index in [-0.39, 0.29) is 5.91 Å². The van der Waals surface area contributed by atoms with E-state index in [1.165, 1.54) is 5.56 Å². The minimum atomic E-state index is 0.138. The van der Waals surface area contributed by atoms with Gasteiger partial charge in [0.1, 0.15) is 12.4 Å². The highest BCUT2D eigenvalue weighted by Gasteiger charge is 2.01. The van der Waals surface area contributed by atoms with Gasteiger partial charge in [-0.25, -0.2) is 0 Å². The second kappa shape index (κ2) is 10.8. The molecule has 0 saturated heterocycles. The van der Waals surface area contributed by atoms with Crippen molar-refractivity contribution in [1.82, 2.24) is 5.32 Å². The van der Waals surface area contributed by atoms with Gasteiger partial charge in [-0.3, -0.25) is 4.79 Å². The van der Waals surface area contributed by atoms with Gasteiger partial charge in [-0.2, -0.15) is 11.8 Å². The Labute approximate surface area is 148 Å². The zero-order valence-electron chi connectivity index (χ0n) is 14.2. The number of hydrogen-bond donors (Lipinski definition) is 1. The molecule has 0 saturated carbocycles. The van der Waals surface area contributed by atoms with E-state index in [9.17, 15) is 4.79 Å². The van der Waals surface area contributed by atoms with Crippen molar-refractivity contribution in [3.05, 3.63) is 65.7 Å². The number of carbonyl (C=O) groups excluding carboxylic acids is 1. The van der Waals surface area contributed by atoms with Crippen LogP contribution in [0.5, 0.6) is 5.75 Å². The standard InChI is InChI=1S/C20H25NO2S/c1-2-24-15-13-20(22)21-14-12-17-8-10-19(11-9-17)23-16-18-6-4-3-5-7-18/h3-11H,2,12-16H2,1H3,(H,21,22). The SMILES string of the molecule is CCSCCC(=O)NCCc1ccc(OCc2ccccc2)cc1. The highest BCUT2D eigenvalue weighted by Crippen LogP contribution is 2.14. The molecular formula is C20H25NO2S. The third-order valence-corrected chi connectivity index (χ3v) is 4.49. The van der Waals surface area contributed by atoms with Gasteiger partial charge in [0.05, 0.1) is 0 Å². The third-order valence-electron chi connectivity index (χ3n) is 3.59. The Kier molecular flexibility index (Phi) is 8.25. The number of nitrogens with one attached hydrogen (secondary N) is 1. The summed E-state index contributed by atoms with van der Waals surface area (Å²) in [6.45, 7) is 3.36. The van der Waals surface area contributed by atoms with Crippen molar-refractivity contribution in [2.45, 2.75) is 26.4 Å². The van der Waals surface area contributed by atoms with Crippen molar-refractivity contribution >= 4 is 17.7 Å². The number of amides is 1. The molecule has 0 bridgehead atoms. The van der Waals surface area contributed by atoms with Crippen LogP contribution in [0.25, 0.3) is 0 Å². The first-order valence-corrected chi connectivity index (χ1v) is 9.53. The van der Waals surface area contributed by atoms with Crippen molar-refractivity contribution in [1.29, 1.82) is 0 Å². The van der Waals surface area contributed by atoms with E-state index in [0.717, 1.165) is 29.2 Å². The fourth-order valence-corrected chi connectivity index (χ4v) is 2.86. The molecule has 0 unspecified atom stereocenters. The Balaban J connectivity index is 1.67. The van der Waals surface area contributed by atoms with Gasteiger partial charge in [-0.15, -0.1) is 0 Å². The van der Waals surface area contributed by atoms with Gasteiger partial charge in [0, 0.05) is 18.7 Å². The lowest BCUT2D eigenvalue weighted by Gasteiger charge is -2.08.